The van der Waals surface area contributed by atoms with Gasteiger partial charge in [-0.1, -0.05) is 33.8 Å². The number of aromatic nitrogens is 1. The molecule has 3 aromatic carbocycles. The first-order valence-electron chi connectivity index (χ1n) is 17.1. The number of carboxylic acids is 1. The summed E-state index contributed by atoms with van der Waals surface area (Å²) in [6.45, 7) is 7.75. The third-order valence-electron chi connectivity index (χ3n) is 8.75. The van der Waals surface area contributed by atoms with Gasteiger partial charge in [0, 0.05) is 24.6 Å². The van der Waals surface area contributed by atoms with Crippen LogP contribution in [0.25, 0.3) is 11.1 Å². The number of alkyl halides is 6. The molecule has 1 heterocycles. The van der Waals surface area contributed by atoms with Gasteiger partial charge in [-0.2, -0.15) is 26.3 Å². The summed E-state index contributed by atoms with van der Waals surface area (Å²) in [5.41, 5.74) is 0.734. The van der Waals surface area contributed by atoms with Crippen molar-refractivity contribution in [1.29, 1.82) is 0 Å². The molecule has 0 saturated heterocycles. The smallest absolute Gasteiger partial charge is 0.550 e. The van der Waals surface area contributed by atoms with Gasteiger partial charge in [0.2, 0.25) is 0 Å². The van der Waals surface area contributed by atoms with E-state index in [0.29, 0.717) is 46.1 Å². The molecule has 8 nitrogen and oxygen atoms in total. The quantitative estimate of drug-likeness (QED) is 0.0757. The van der Waals surface area contributed by atoms with Gasteiger partial charge in [-0.25, -0.2) is 4.98 Å². The molecule has 0 amide bonds. The molecule has 55 heavy (non-hydrogen) atoms. The van der Waals surface area contributed by atoms with Crippen LogP contribution in [0.1, 0.15) is 85.8 Å². The SMILES string of the molecule is COc1cc(CN(Cc2cc(C(F)(F)F)cc(C(F)(F)F)c2)c2ccc(OCCCC(=O)[O-])cn2)c(-c2cc(C(C)C)cc(C(C)C)c2OC)cc1OC.[Na+]. The molecule has 0 bridgehead atoms. The fourth-order valence-corrected chi connectivity index (χ4v) is 5.97. The molecule has 0 aliphatic rings. The van der Waals surface area contributed by atoms with Crippen molar-refractivity contribution in [1.82, 2.24) is 4.98 Å². The molecule has 0 atom stereocenters. The van der Waals surface area contributed by atoms with Crippen molar-refractivity contribution in [2.24, 2.45) is 0 Å². The van der Waals surface area contributed by atoms with E-state index in [4.69, 9.17) is 18.9 Å². The zero-order valence-electron chi connectivity index (χ0n) is 32.1. The fraction of sp³-hybridized carbons (Fsp3) is 0.400. The number of pyridine rings is 1. The van der Waals surface area contributed by atoms with Crippen molar-refractivity contribution in [3.63, 3.8) is 0 Å². The molecule has 4 rings (SSSR count). The number of carbonyl (C=O) groups is 1. The van der Waals surface area contributed by atoms with E-state index in [2.05, 4.69) is 24.9 Å². The number of nitrogens with zero attached hydrogens (tertiary/aromatic N) is 2. The van der Waals surface area contributed by atoms with Crippen molar-refractivity contribution < 1.29 is 84.7 Å². The number of aliphatic carboxylic acids is 1. The van der Waals surface area contributed by atoms with Crippen LogP contribution < -0.4 is 58.5 Å². The number of carboxylic acid groups (broad SMARTS) is 1. The van der Waals surface area contributed by atoms with E-state index in [0.717, 1.165) is 11.1 Å². The summed E-state index contributed by atoms with van der Waals surface area (Å²) in [5.74, 6) is 0.764. The van der Waals surface area contributed by atoms with E-state index >= 15 is 0 Å². The standard InChI is InChI=1S/C40H44F6N2O6.Na/c1-23(2)26-15-31(24(3)4)38(53-7)33(16-26)32-19-35(52-6)34(51-5)17-27(32)22-48(36-11-10-30(20-47-36)54-12-8-9-37(49)50)21-25-13-28(39(41,42)43)18-29(14-25)40(44,45)46;/h10-11,13-20,23-24H,8-9,12,21-22H2,1-7H3,(H,49,50);/q;+1/p-1. The molecule has 1 aromatic heterocycles. The summed E-state index contributed by atoms with van der Waals surface area (Å²) >= 11 is 0. The monoisotopic (exact) mass is 784 g/mol. The Morgan fingerprint density at radius 3 is 1.89 bits per heavy atom. The maximum absolute atomic E-state index is 13.9. The van der Waals surface area contributed by atoms with Crippen molar-refractivity contribution in [2.45, 2.75) is 77.8 Å². The van der Waals surface area contributed by atoms with Crippen LogP contribution in [0.15, 0.2) is 60.8 Å². The van der Waals surface area contributed by atoms with Crippen molar-refractivity contribution >= 4 is 11.8 Å². The third kappa shape index (κ3) is 11.7. The molecule has 0 aliphatic carbocycles. The first-order valence-corrected chi connectivity index (χ1v) is 17.1. The Balaban J connectivity index is 0.00000812. The van der Waals surface area contributed by atoms with Crippen LogP contribution >= 0.6 is 0 Å². The van der Waals surface area contributed by atoms with Gasteiger partial charge in [0.15, 0.2) is 11.5 Å². The fourth-order valence-electron chi connectivity index (χ4n) is 5.97. The average Bonchev–Trinajstić information content (AvgIpc) is 3.11. The Labute approximate surface area is 339 Å². The van der Waals surface area contributed by atoms with Gasteiger partial charge in [-0.15, -0.1) is 0 Å². The van der Waals surface area contributed by atoms with Gasteiger partial charge < -0.3 is 33.7 Å². The predicted molar refractivity (Wildman–Crippen MR) is 190 cm³/mol. The van der Waals surface area contributed by atoms with E-state index in [1.807, 2.05) is 19.9 Å². The van der Waals surface area contributed by atoms with Gasteiger partial charge in [0.05, 0.1) is 45.3 Å². The summed E-state index contributed by atoms with van der Waals surface area (Å²) in [5, 5.41) is 10.8. The third-order valence-corrected chi connectivity index (χ3v) is 8.75. The van der Waals surface area contributed by atoms with E-state index in [-0.39, 0.29) is 90.6 Å². The number of carbonyl (C=O) groups excluding carboxylic acids is 1. The maximum Gasteiger partial charge on any atom is 1.00 e. The largest absolute Gasteiger partial charge is 1.00 e. The molecule has 0 aliphatic heterocycles. The zero-order valence-corrected chi connectivity index (χ0v) is 34.1. The molecule has 0 saturated carbocycles. The molecular formula is C40H43F6N2NaO6. The normalized spacial score (nSPS) is 11.7. The van der Waals surface area contributed by atoms with E-state index in [1.165, 1.54) is 32.5 Å². The molecule has 292 valence electrons. The van der Waals surface area contributed by atoms with E-state index in [9.17, 15) is 36.2 Å². The molecule has 0 fully saturated rings. The minimum Gasteiger partial charge on any atom is -0.550 e. The Hall–Kier alpha value is -4.14. The molecular weight excluding hydrogens is 741 g/mol. The Kier molecular flexibility index (Phi) is 15.7. The molecule has 0 unspecified atom stereocenters. The maximum atomic E-state index is 13.9. The van der Waals surface area contributed by atoms with Crippen LogP contribution in [-0.4, -0.2) is 38.9 Å². The number of rotatable bonds is 16. The number of hydrogen-bond acceptors (Lipinski definition) is 8. The van der Waals surface area contributed by atoms with Crippen LogP contribution in [0, 0.1) is 0 Å². The second-order valence-corrected chi connectivity index (χ2v) is 13.3. The van der Waals surface area contributed by atoms with Crippen molar-refractivity contribution in [3.8, 4) is 34.1 Å². The Morgan fingerprint density at radius 2 is 1.40 bits per heavy atom. The number of hydrogen-bond donors (Lipinski definition) is 0. The number of benzene rings is 3. The van der Waals surface area contributed by atoms with Gasteiger partial charge in [0.25, 0.3) is 0 Å². The zero-order chi connectivity index (χ0) is 40.0. The molecule has 0 N–H and O–H groups in total. The number of anilines is 1. The average molecular weight is 785 g/mol. The van der Waals surface area contributed by atoms with Gasteiger partial charge >= 0.3 is 41.9 Å². The molecule has 4 aromatic rings. The number of ether oxygens (including phenoxy) is 4. The topological polar surface area (TPSA) is 93.2 Å². The van der Waals surface area contributed by atoms with Gasteiger partial charge in [0.1, 0.15) is 17.3 Å². The minimum atomic E-state index is -5.04. The van der Waals surface area contributed by atoms with Crippen LogP contribution in [0.5, 0.6) is 23.0 Å². The van der Waals surface area contributed by atoms with Gasteiger partial charge in [-0.3, -0.25) is 0 Å². The summed E-state index contributed by atoms with van der Waals surface area (Å²) in [4.78, 5) is 16.8. The second kappa shape index (κ2) is 19.1. The van der Waals surface area contributed by atoms with Crippen LogP contribution in [0.2, 0.25) is 0 Å². The Bertz CT molecular complexity index is 1880. The van der Waals surface area contributed by atoms with Crippen LogP contribution in [0.4, 0.5) is 32.2 Å². The minimum absolute atomic E-state index is 0. The first-order chi connectivity index (χ1) is 25.4. The molecule has 15 heteroatoms. The predicted octanol–water partition coefficient (Wildman–Crippen LogP) is 6.18. The summed E-state index contributed by atoms with van der Waals surface area (Å²) in [6, 6.07) is 12.1. The van der Waals surface area contributed by atoms with Crippen molar-refractivity contribution in [2.75, 3.05) is 32.8 Å². The summed E-state index contributed by atoms with van der Waals surface area (Å²) < 4.78 is 106. The number of halogens is 6. The van der Waals surface area contributed by atoms with Crippen molar-refractivity contribution in [3.05, 3.63) is 94.2 Å². The first kappa shape index (κ1) is 45.3. The van der Waals surface area contributed by atoms with E-state index < -0.39 is 36.0 Å². The molecule has 0 radical (unpaired) electrons. The number of methoxy groups -OCH3 is 3. The molecule has 0 spiro atoms. The van der Waals surface area contributed by atoms with Crippen LogP contribution in [0.3, 0.4) is 0 Å². The van der Waals surface area contributed by atoms with Gasteiger partial charge in [-0.05, 0) is 101 Å². The van der Waals surface area contributed by atoms with E-state index in [1.54, 1.807) is 24.1 Å². The van der Waals surface area contributed by atoms with Crippen LogP contribution in [-0.2, 0) is 30.2 Å². The second-order valence-electron chi connectivity index (χ2n) is 13.3. The Morgan fingerprint density at radius 1 is 0.782 bits per heavy atom. The summed E-state index contributed by atoms with van der Waals surface area (Å²) in [6.07, 6.45) is -8.79. The summed E-state index contributed by atoms with van der Waals surface area (Å²) in [7, 11) is 4.49.